The standard InChI is InChI=1S/C19H20N4O2S/c20-12-13-5-7-14(8-6-13)18-21-19(25-22-18)16-4-1-9-23(16)17(24)11-15-3-2-10-26-15/h2-3,5-8,10,16H,1,4,9,11-12,20H2. The molecule has 3 aromatic rings. The van der Waals surface area contributed by atoms with Crippen LogP contribution in [0.1, 0.15) is 35.2 Å². The van der Waals surface area contributed by atoms with Crippen molar-refractivity contribution in [2.24, 2.45) is 5.73 Å². The van der Waals surface area contributed by atoms with Gasteiger partial charge in [-0.25, -0.2) is 0 Å². The lowest BCUT2D eigenvalue weighted by Gasteiger charge is -2.21. The Balaban J connectivity index is 1.51. The Morgan fingerprint density at radius 1 is 1.31 bits per heavy atom. The Hall–Kier alpha value is -2.51. The van der Waals surface area contributed by atoms with Gasteiger partial charge in [0.2, 0.25) is 17.6 Å². The predicted molar refractivity (Wildman–Crippen MR) is 99.3 cm³/mol. The van der Waals surface area contributed by atoms with E-state index in [0.717, 1.165) is 35.4 Å². The molecular formula is C19H20N4O2S. The Bertz CT molecular complexity index is 873. The molecule has 7 heteroatoms. The first-order valence-corrected chi connectivity index (χ1v) is 9.57. The van der Waals surface area contributed by atoms with Crippen molar-refractivity contribution in [2.75, 3.05) is 6.54 Å². The fraction of sp³-hybridized carbons (Fsp3) is 0.316. The Kier molecular flexibility index (Phi) is 4.81. The van der Waals surface area contributed by atoms with Crippen molar-refractivity contribution in [2.45, 2.75) is 31.8 Å². The lowest BCUT2D eigenvalue weighted by atomic mass is 10.1. The molecule has 3 heterocycles. The molecule has 0 bridgehead atoms. The highest BCUT2D eigenvalue weighted by Gasteiger charge is 2.34. The molecule has 1 aliphatic rings. The van der Waals surface area contributed by atoms with E-state index >= 15 is 0 Å². The van der Waals surface area contributed by atoms with Crippen LogP contribution in [0.25, 0.3) is 11.4 Å². The van der Waals surface area contributed by atoms with E-state index in [-0.39, 0.29) is 11.9 Å². The number of amides is 1. The third-order valence-electron chi connectivity index (χ3n) is 4.65. The molecule has 1 unspecified atom stereocenters. The molecule has 1 atom stereocenters. The summed E-state index contributed by atoms with van der Waals surface area (Å²) in [6.45, 7) is 1.24. The van der Waals surface area contributed by atoms with E-state index in [1.54, 1.807) is 11.3 Å². The summed E-state index contributed by atoms with van der Waals surface area (Å²) in [5.74, 6) is 1.17. The summed E-state index contributed by atoms with van der Waals surface area (Å²) in [5.41, 5.74) is 7.57. The van der Waals surface area contributed by atoms with Crippen LogP contribution in [0.3, 0.4) is 0 Å². The highest BCUT2D eigenvalue weighted by Crippen LogP contribution is 2.32. The van der Waals surface area contributed by atoms with Crippen molar-refractivity contribution in [3.8, 4) is 11.4 Å². The second-order valence-corrected chi connectivity index (χ2v) is 7.39. The van der Waals surface area contributed by atoms with Gasteiger partial charge in [-0.05, 0) is 29.9 Å². The minimum absolute atomic E-state index is 0.113. The zero-order chi connectivity index (χ0) is 17.9. The molecule has 1 amide bonds. The summed E-state index contributed by atoms with van der Waals surface area (Å²) in [7, 11) is 0. The monoisotopic (exact) mass is 368 g/mol. The molecule has 134 valence electrons. The van der Waals surface area contributed by atoms with Crippen molar-refractivity contribution in [1.29, 1.82) is 0 Å². The maximum Gasteiger partial charge on any atom is 0.249 e. The van der Waals surface area contributed by atoms with E-state index in [1.807, 2.05) is 46.7 Å². The molecule has 0 saturated carbocycles. The van der Waals surface area contributed by atoms with Gasteiger partial charge in [-0.15, -0.1) is 11.3 Å². The van der Waals surface area contributed by atoms with Gasteiger partial charge >= 0.3 is 0 Å². The topological polar surface area (TPSA) is 85.2 Å². The zero-order valence-corrected chi connectivity index (χ0v) is 15.1. The summed E-state index contributed by atoms with van der Waals surface area (Å²) in [6, 6.07) is 11.6. The average molecular weight is 368 g/mol. The van der Waals surface area contributed by atoms with Gasteiger partial charge in [0.25, 0.3) is 0 Å². The van der Waals surface area contributed by atoms with E-state index in [2.05, 4.69) is 10.1 Å². The van der Waals surface area contributed by atoms with Gasteiger partial charge in [-0.1, -0.05) is 35.5 Å². The van der Waals surface area contributed by atoms with Crippen LogP contribution < -0.4 is 5.73 Å². The minimum Gasteiger partial charge on any atom is -0.337 e. The Labute approximate surface area is 155 Å². The number of rotatable bonds is 5. The zero-order valence-electron chi connectivity index (χ0n) is 14.3. The number of carbonyl (C=O) groups is 1. The fourth-order valence-corrected chi connectivity index (χ4v) is 3.96. The molecule has 0 aliphatic carbocycles. The van der Waals surface area contributed by atoms with Crippen LogP contribution in [0.5, 0.6) is 0 Å². The number of likely N-dealkylation sites (tertiary alicyclic amines) is 1. The molecule has 1 aromatic carbocycles. The van der Waals surface area contributed by atoms with Gasteiger partial charge in [-0.2, -0.15) is 4.98 Å². The van der Waals surface area contributed by atoms with E-state index in [1.165, 1.54) is 0 Å². The largest absolute Gasteiger partial charge is 0.337 e. The number of hydrogen-bond acceptors (Lipinski definition) is 6. The average Bonchev–Trinajstić information content (AvgIpc) is 3.41. The number of carbonyl (C=O) groups excluding carboxylic acids is 1. The van der Waals surface area contributed by atoms with Gasteiger partial charge in [0.05, 0.1) is 6.42 Å². The molecule has 1 saturated heterocycles. The summed E-state index contributed by atoms with van der Waals surface area (Å²) in [6.07, 6.45) is 2.23. The van der Waals surface area contributed by atoms with Crippen molar-refractivity contribution < 1.29 is 9.32 Å². The van der Waals surface area contributed by atoms with E-state index < -0.39 is 0 Å². The van der Waals surface area contributed by atoms with Gasteiger partial charge in [0.1, 0.15) is 6.04 Å². The first kappa shape index (κ1) is 16.9. The number of benzene rings is 1. The second-order valence-electron chi connectivity index (χ2n) is 6.36. The van der Waals surface area contributed by atoms with Crippen molar-refractivity contribution in [3.05, 3.63) is 58.1 Å². The van der Waals surface area contributed by atoms with E-state index in [0.29, 0.717) is 24.7 Å². The molecule has 1 aliphatic heterocycles. The molecular weight excluding hydrogens is 348 g/mol. The number of thiophene rings is 1. The summed E-state index contributed by atoms with van der Waals surface area (Å²) in [5, 5.41) is 6.09. The van der Waals surface area contributed by atoms with Crippen LogP contribution >= 0.6 is 11.3 Å². The molecule has 2 aromatic heterocycles. The van der Waals surface area contributed by atoms with Gasteiger partial charge in [-0.3, -0.25) is 4.79 Å². The SMILES string of the molecule is NCc1ccc(-c2noc(C3CCCN3C(=O)Cc3cccs3)n2)cc1. The second kappa shape index (κ2) is 7.39. The Morgan fingerprint density at radius 3 is 2.88 bits per heavy atom. The normalized spacial score (nSPS) is 17.0. The fourth-order valence-electron chi connectivity index (χ4n) is 3.26. The molecule has 6 nitrogen and oxygen atoms in total. The van der Waals surface area contributed by atoms with Crippen molar-refractivity contribution in [1.82, 2.24) is 15.0 Å². The van der Waals surface area contributed by atoms with Crippen LogP contribution in [0.4, 0.5) is 0 Å². The van der Waals surface area contributed by atoms with Crippen LogP contribution in [0, 0.1) is 0 Å². The third kappa shape index (κ3) is 3.40. The summed E-state index contributed by atoms with van der Waals surface area (Å²) < 4.78 is 5.50. The first-order chi connectivity index (χ1) is 12.7. The smallest absolute Gasteiger partial charge is 0.249 e. The van der Waals surface area contributed by atoms with E-state index in [4.69, 9.17) is 10.3 Å². The summed E-state index contributed by atoms with van der Waals surface area (Å²) in [4.78, 5) is 20.2. The van der Waals surface area contributed by atoms with Crippen molar-refractivity contribution in [3.63, 3.8) is 0 Å². The maximum absolute atomic E-state index is 12.7. The lowest BCUT2D eigenvalue weighted by molar-refractivity contribution is -0.131. The predicted octanol–water partition coefficient (Wildman–Crippen LogP) is 3.16. The van der Waals surface area contributed by atoms with Gasteiger partial charge in [0.15, 0.2) is 0 Å². The molecule has 0 spiro atoms. The molecule has 0 radical (unpaired) electrons. The van der Waals surface area contributed by atoms with Gasteiger partial charge in [0, 0.05) is 23.5 Å². The third-order valence-corrected chi connectivity index (χ3v) is 5.53. The van der Waals surface area contributed by atoms with Crippen LogP contribution in [0.15, 0.2) is 46.3 Å². The number of aromatic nitrogens is 2. The molecule has 4 rings (SSSR count). The number of nitrogens with two attached hydrogens (primary N) is 1. The van der Waals surface area contributed by atoms with Crippen LogP contribution in [-0.4, -0.2) is 27.5 Å². The minimum atomic E-state index is -0.132. The highest BCUT2D eigenvalue weighted by atomic mass is 32.1. The van der Waals surface area contributed by atoms with Crippen molar-refractivity contribution >= 4 is 17.2 Å². The number of hydrogen-bond donors (Lipinski definition) is 1. The van der Waals surface area contributed by atoms with Crippen LogP contribution in [0.2, 0.25) is 0 Å². The molecule has 1 fully saturated rings. The maximum atomic E-state index is 12.7. The first-order valence-electron chi connectivity index (χ1n) is 8.69. The Morgan fingerprint density at radius 2 is 2.15 bits per heavy atom. The van der Waals surface area contributed by atoms with Crippen LogP contribution in [-0.2, 0) is 17.8 Å². The number of nitrogens with zero attached hydrogens (tertiary/aromatic N) is 3. The molecule has 2 N–H and O–H groups in total. The quantitative estimate of drug-likeness (QED) is 0.748. The lowest BCUT2D eigenvalue weighted by Crippen LogP contribution is -2.31. The summed E-state index contributed by atoms with van der Waals surface area (Å²) >= 11 is 1.60. The molecule has 26 heavy (non-hydrogen) atoms. The van der Waals surface area contributed by atoms with Gasteiger partial charge < -0.3 is 15.2 Å². The van der Waals surface area contributed by atoms with E-state index in [9.17, 15) is 4.79 Å². The highest BCUT2D eigenvalue weighted by molar-refractivity contribution is 7.10.